The number of hydrogen-bond acceptors (Lipinski definition) is 1. The number of likely N-dealkylation sites (N-methyl/N-ethyl adjacent to an activating group) is 1. The van der Waals surface area contributed by atoms with E-state index in [0.717, 1.165) is 6.54 Å². The number of hydrogen-bond donors (Lipinski definition) is 0. The Kier molecular flexibility index (Phi) is 4.28. The van der Waals surface area contributed by atoms with Crippen molar-refractivity contribution in [2.24, 2.45) is 5.92 Å². The Bertz CT molecular complexity index is 110. The van der Waals surface area contributed by atoms with Gasteiger partial charge in [-0.3, -0.25) is 4.90 Å². The van der Waals surface area contributed by atoms with E-state index in [2.05, 4.69) is 20.4 Å². The second kappa shape index (κ2) is 4.45. The Hall–Kier alpha value is -0.370. The number of halogens is 1. The van der Waals surface area contributed by atoms with Crippen LogP contribution in [0, 0.1) is 5.92 Å². The molecular weight excluding hydrogens is 129 g/mol. The van der Waals surface area contributed by atoms with Crippen LogP contribution >= 0.6 is 0 Å². The maximum absolute atomic E-state index is 12.2. The Morgan fingerprint density at radius 1 is 1.60 bits per heavy atom. The summed E-state index contributed by atoms with van der Waals surface area (Å²) in [5.41, 5.74) is 0. The summed E-state index contributed by atoms with van der Waals surface area (Å²) >= 11 is 0. The molecule has 0 aromatic carbocycles. The molecule has 0 radical (unpaired) electrons. The highest BCUT2D eigenvalue weighted by atomic mass is 19.1. The molecule has 0 aliphatic carbocycles. The average Bonchev–Trinajstić information content (AvgIpc) is 1.58. The van der Waals surface area contributed by atoms with E-state index in [0.29, 0.717) is 12.5 Å². The summed E-state index contributed by atoms with van der Waals surface area (Å²) in [5, 5.41) is 0. The maximum Gasteiger partial charge on any atom is 0.107 e. The van der Waals surface area contributed by atoms with Crippen molar-refractivity contribution in [1.29, 1.82) is 0 Å². The van der Waals surface area contributed by atoms with E-state index in [4.69, 9.17) is 0 Å². The summed E-state index contributed by atoms with van der Waals surface area (Å²) in [6.45, 7) is 8.69. The predicted octanol–water partition coefficient (Wildman–Crippen LogP) is 2.06. The van der Waals surface area contributed by atoms with Crippen LogP contribution in [0.25, 0.3) is 0 Å². The lowest BCUT2D eigenvalue weighted by molar-refractivity contribution is 0.299. The van der Waals surface area contributed by atoms with Gasteiger partial charge >= 0.3 is 0 Å². The Morgan fingerprint density at radius 2 is 2.10 bits per heavy atom. The summed E-state index contributed by atoms with van der Waals surface area (Å²) in [6.07, 6.45) is 0. The maximum atomic E-state index is 12.2. The van der Waals surface area contributed by atoms with Crippen LogP contribution < -0.4 is 0 Å². The highest BCUT2D eigenvalue weighted by Gasteiger charge is 2.01. The fourth-order valence-electron chi connectivity index (χ4n) is 0.981. The van der Waals surface area contributed by atoms with Gasteiger partial charge in [-0.05, 0) is 13.0 Å². The third-order valence-electron chi connectivity index (χ3n) is 1.12. The minimum absolute atomic E-state index is 0.261. The van der Waals surface area contributed by atoms with Gasteiger partial charge in [0.2, 0.25) is 0 Å². The van der Waals surface area contributed by atoms with E-state index in [1.54, 1.807) is 0 Å². The van der Waals surface area contributed by atoms with E-state index in [9.17, 15) is 4.39 Å². The molecule has 0 N–H and O–H groups in total. The quantitative estimate of drug-likeness (QED) is 0.585. The first-order chi connectivity index (χ1) is 4.52. The van der Waals surface area contributed by atoms with Crippen LogP contribution in [0.2, 0.25) is 0 Å². The topological polar surface area (TPSA) is 3.24 Å². The molecule has 0 atom stereocenters. The Morgan fingerprint density at radius 3 is 2.40 bits per heavy atom. The minimum Gasteiger partial charge on any atom is -0.300 e. The lowest BCUT2D eigenvalue weighted by Crippen LogP contribution is -2.24. The first kappa shape index (κ1) is 9.63. The number of rotatable bonds is 4. The van der Waals surface area contributed by atoms with E-state index in [1.165, 1.54) is 0 Å². The van der Waals surface area contributed by atoms with Crippen LogP contribution in [0.1, 0.15) is 13.8 Å². The van der Waals surface area contributed by atoms with Crippen LogP contribution in [0.4, 0.5) is 4.39 Å². The molecule has 0 saturated carbocycles. The lowest BCUT2D eigenvalue weighted by Gasteiger charge is -2.16. The SMILES string of the molecule is C=C(F)CN(C)CC(C)C. The molecule has 0 spiro atoms. The van der Waals surface area contributed by atoms with Gasteiger partial charge in [0.15, 0.2) is 0 Å². The summed E-state index contributed by atoms with van der Waals surface area (Å²) in [6, 6.07) is 0. The standard InChI is InChI=1S/C8H16FN/c1-7(2)5-10(4)6-8(3)9/h7H,3,5-6H2,1-2,4H3. The monoisotopic (exact) mass is 145 g/mol. The fourth-order valence-corrected chi connectivity index (χ4v) is 0.981. The second-order valence-electron chi connectivity index (χ2n) is 3.11. The molecule has 1 nitrogen and oxygen atoms in total. The molecule has 0 aliphatic rings. The van der Waals surface area contributed by atoms with Gasteiger partial charge < -0.3 is 0 Å². The zero-order valence-corrected chi connectivity index (χ0v) is 7.02. The zero-order chi connectivity index (χ0) is 8.15. The molecule has 10 heavy (non-hydrogen) atoms. The van der Waals surface area contributed by atoms with Crippen LogP contribution in [-0.2, 0) is 0 Å². The number of nitrogens with zero attached hydrogens (tertiary/aromatic N) is 1. The van der Waals surface area contributed by atoms with Gasteiger partial charge in [-0.2, -0.15) is 0 Å². The van der Waals surface area contributed by atoms with Crippen molar-refractivity contribution in [2.75, 3.05) is 20.1 Å². The van der Waals surface area contributed by atoms with Crippen molar-refractivity contribution < 1.29 is 4.39 Å². The van der Waals surface area contributed by atoms with Crippen LogP contribution in [0.5, 0.6) is 0 Å². The molecule has 0 aromatic heterocycles. The van der Waals surface area contributed by atoms with E-state index in [-0.39, 0.29) is 5.83 Å². The van der Waals surface area contributed by atoms with Crippen molar-refractivity contribution >= 4 is 0 Å². The summed E-state index contributed by atoms with van der Waals surface area (Å²) in [7, 11) is 1.89. The average molecular weight is 145 g/mol. The molecule has 0 amide bonds. The fraction of sp³-hybridized carbons (Fsp3) is 0.750. The third kappa shape index (κ3) is 5.76. The van der Waals surface area contributed by atoms with Crippen molar-refractivity contribution in [3.8, 4) is 0 Å². The summed E-state index contributed by atoms with van der Waals surface area (Å²) < 4.78 is 12.2. The van der Waals surface area contributed by atoms with Crippen LogP contribution in [0.15, 0.2) is 12.4 Å². The molecule has 0 fully saturated rings. The van der Waals surface area contributed by atoms with Gasteiger partial charge in [0.1, 0.15) is 5.83 Å². The lowest BCUT2D eigenvalue weighted by atomic mass is 10.2. The predicted molar refractivity (Wildman–Crippen MR) is 42.6 cm³/mol. The van der Waals surface area contributed by atoms with E-state index >= 15 is 0 Å². The molecular formula is C8H16FN. The van der Waals surface area contributed by atoms with Crippen LogP contribution in [-0.4, -0.2) is 25.0 Å². The minimum atomic E-state index is -0.261. The Balaban J connectivity index is 3.43. The molecule has 2 heteroatoms. The highest BCUT2D eigenvalue weighted by Crippen LogP contribution is 1.99. The third-order valence-corrected chi connectivity index (χ3v) is 1.12. The van der Waals surface area contributed by atoms with Gasteiger partial charge in [-0.15, -0.1) is 0 Å². The highest BCUT2D eigenvalue weighted by molar-refractivity contribution is 4.83. The van der Waals surface area contributed by atoms with Gasteiger partial charge in [0.25, 0.3) is 0 Å². The van der Waals surface area contributed by atoms with Crippen molar-refractivity contribution in [3.63, 3.8) is 0 Å². The Labute approximate surface area is 62.5 Å². The molecule has 0 rings (SSSR count). The van der Waals surface area contributed by atoms with Crippen molar-refractivity contribution in [1.82, 2.24) is 4.90 Å². The molecule has 0 heterocycles. The van der Waals surface area contributed by atoms with Crippen molar-refractivity contribution in [3.05, 3.63) is 12.4 Å². The molecule has 0 bridgehead atoms. The van der Waals surface area contributed by atoms with Gasteiger partial charge in [-0.25, -0.2) is 4.39 Å². The van der Waals surface area contributed by atoms with Gasteiger partial charge in [-0.1, -0.05) is 20.4 Å². The van der Waals surface area contributed by atoms with Gasteiger partial charge in [0, 0.05) is 13.1 Å². The van der Waals surface area contributed by atoms with E-state index in [1.807, 2.05) is 11.9 Å². The summed E-state index contributed by atoms with van der Waals surface area (Å²) in [5.74, 6) is 0.326. The molecule has 0 saturated heterocycles. The van der Waals surface area contributed by atoms with Gasteiger partial charge in [0.05, 0.1) is 0 Å². The van der Waals surface area contributed by atoms with Crippen LogP contribution in [0.3, 0.4) is 0 Å². The summed E-state index contributed by atoms with van der Waals surface area (Å²) in [4.78, 5) is 1.92. The molecule has 0 aromatic rings. The zero-order valence-electron chi connectivity index (χ0n) is 7.02. The first-order valence-corrected chi connectivity index (χ1v) is 3.54. The molecule has 0 aliphatic heterocycles. The molecule has 0 unspecified atom stereocenters. The van der Waals surface area contributed by atoms with E-state index < -0.39 is 0 Å². The second-order valence-corrected chi connectivity index (χ2v) is 3.11. The van der Waals surface area contributed by atoms with Crippen molar-refractivity contribution in [2.45, 2.75) is 13.8 Å². The normalized spacial score (nSPS) is 11.0. The smallest absolute Gasteiger partial charge is 0.107 e. The largest absolute Gasteiger partial charge is 0.300 e. The molecule has 60 valence electrons. The first-order valence-electron chi connectivity index (χ1n) is 3.54.